The first-order chi connectivity index (χ1) is 10.1. The Hall–Kier alpha value is -1.82. The monoisotopic (exact) mass is 305 g/mol. The van der Waals surface area contributed by atoms with Gasteiger partial charge in [-0.05, 0) is 25.0 Å². The van der Waals surface area contributed by atoms with Crippen molar-refractivity contribution < 1.29 is 8.42 Å². The van der Waals surface area contributed by atoms with Crippen LogP contribution in [0.4, 0.5) is 5.69 Å². The van der Waals surface area contributed by atoms with E-state index in [1.807, 2.05) is 18.6 Å². The quantitative estimate of drug-likeness (QED) is 0.891. The molecule has 6 heteroatoms. The van der Waals surface area contributed by atoms with Gasteiger partial charge in [0.05, 0.1) is 34.9 Å². The van der Waals surface area contributed by atoms with Crippen molar-refractivity contribution in [2.75, 3.05) is 11.1 Å². The lowest BCUT2D eigenvalue weighted by Gasteiger charge is -2.13. The fourth-order valence-electron chi connectivity index (χ4n) is 2.38. The van der Waals surface area contributed by atoms with Crippen LogP contribution >= 0.6 is 0 Å². The SMILES string of the molecule is CCS(=O)(=O)c1ccccc1NCc1cncn1C1CC1. The highest BCUT2D eigenvalue weighted by Crippen LogP contribution is 2.35. The van der Waals surface area contributed by atoms with Gasteiger partial charge in [-0.25, -0.2) is 13.4 Å². The Morgan fingerprint density at radius 2 is 2.10 bits per heavy atom. The Labute approximate surface area is 124 Å². The smallest absolute Gasteiger partial charge is 0.180 e. The van der Waals surface area contributed by atoms with Gasteiger partial charge in [0.15, 0.2) is 9.84 Å². The summed E-state index contributed by atoms with van der Waals surface area (Å²) in [5, 5.41) is 3.24. The number of rotatable bonds is 6. The van der Waals surface area contributed by atoms with Crippen LogP contribution in [-0.4, -0.2) is 23.7 Å². The first kappa shape index (κ1) is 14.1. The molecule has 1 aromatic heterocycles. The Morgan fingerprint density at radius 3 is 2.81 bits per heavy atom. The lowest BCUT2D eigenvalue weighted by molar-refractivity contribution is 0.597. The van der Waals surface area contributed by atoms with Crippen LogP contribution in [0.3, 0.4) is 0 Å². The van der Waals surface area contributed by atoms with Crippen molar-refractivity contribution in [2.24, 2.45) is 0 Å². The zero-order valence-electron chi connectivity index (χ0n) is 12.0. The standard InChI is InChI=1S/C15H19N3O2S/c1-2-21(19,20)15-6-4-3-5-14(15)17-10-13-9-16-11-18(13)12-7-8-12/h3-6,9,11-12,17H,2,7-8,10H2,1H3. The van der Waals surface area contributed by atoms with E-state index in [9.17, 15) is 8.42 Å². The third kappa shape index (κ3) is 2.95. The minimum Gasteiger partial charge on any atom is -0.378 e. The predicted octanol–water partition coefficient (Wildman–Crippen LogP) is 2.62. The fourth-order valence-corrected chi connectivity index (χ4v) is 3.45. The van der Waals surface area contributed by atoms with Crippen molar-refractivity contribution in [1.82, 2.24) is 9.55 Å². The van der Waals surface area contributed by atoms with Gasteiger partial charge in [0.1, 0.15) is 0 Å². The molecule has 5 nitrogen and oxygen atoms in total. The van der Waals surface area contributed by atoms with Crippen LogP contribution in [0.5, 0.6) is 0 Å². The summed E-state index contributed by atoms with van der Waals surface area (Å²) in [4.78, 5) is 4.55. The number of nitrogens with zero attached hydrogens (tertiary/aromatic N) is 2. The van der Waals surface area contributed by atoms with Crippen molar-refractivity contribution in [3.05, 3.63) is 42.5 Å². The zero-order chi connectivity index (χ0) is 14.9. The van der Waals surface area contributed by atoms with Gasteiger partial charge in [-0.15, -0.1) is 0 Å². The number of hydrogen-bond acceptors (Lipinski definition) is 4. The van der Waals surface area contributed by atoms with E-state index < -0.39 is 9.84 Å². The van der Waals surface area contributed by atoms with E-state index in [1.165, 1.54) is 12.8 Å². The lowest BCUT2D eigenvalue weighted by atomic mass is 10.3. The molecule has 2 aromatic rings. The molecule has 0 unspecified atom stereocenters. The van der Waals surface area contributed by atoms with Crippen LogP contribution < -0.4 is 5.32 Å². The molecular formula is C15H19N3O2S. The molecule has 1 heterocycles. The largest absolute Gasteiger partial charge is 0.378 e. The van der Waals surface area contributed by atoms with E-state index in [-0.39, 0.29) is 5.75 Å². The molecule has 21 heavy (non-hydrogen) atoms. The molecular weight excluding hydrogens is 286 g/mol. The molecule has 1 aliphatic rings. The predicted molar refractivity (Wildman–Crippen MR) is 82.0 cm³/mol. The molecule has 0 radical (unpaired) electrons. The third-order valence-corrected chi connectivity index (χ3v) is 5.53. The molecule has 1 fully saturated rings. The van der Waals surface area contributed by atoms with Crippen molar-refractivity contribution in [3.63, 3.8) is 0 Å². The number of nitrogens with one attached hydrogen (secondary N) is 1. The van der Waals surface area contributed by atoms with Gasteiger partial charge in [-0.3, -0.25) is 0 Å². The summed E-state index contributed by atoms with van der Waals surface area (Å²) in [5.41, 5.74) is 1.74. The van der Waals surface area contributed by atoms with E-state index in [4.69, 9.17) is 0 Å². The molecule has 0 amide bonds. The second-order valence-corrected chi connectivity index (χ2v) is 7.52. The van der Waals surface area contributed by atoms with Gasteiger partial charge >= 0.3 is 0 Å². The van der Waals surface area contributed by atoms with Crippen molar-refractivity contribution in [3.8, 4) is 0 Å². The summed E-state index contributed by atoms with van der Waals surface area (Å²) in [5.74, 6) is 0.103. The number of imidazole rings is 1. The van der Waals surface area contributed by atoms with Gasteiger partial charge in [-0.2, -0.15) is 0 Å². The van der Waals surface area contributed by atoms with Crippen LogP contribution in [0.15, 0.2) is 41.7 Å². The van der Waals surface area contributed by atoms with Crippen LogP contribution in [0.2, 0.25) is 0 Å². The highest BCUT2D eigenvalue weighted by molar-refractivity contribution is 7.91. The summed E-state index contributed by atoms with van der Waals surface area (Å²) in [6, 6.07) is 7.62. The maximum absolute atomic E-state index is 12.1. The maximum Gasteiger partial charge on any atom is 0.180 e. The molecule has 1 aromatic carbocycles. The maximum atomic E-state index is 12.1. The normalized spacial score (nSPS) is 15.1. The van der Waals surface area contributed by atoms with Crippen molar-refractivity contribution in [2.45, 2.75) is 37.2 Å². The molecule has 1 N–H and O–H groups in total. The van der Waals surface area contributed by atoms with Gasteiger partial charge in [0.2, 0.25) is 0 Å². The highest BCUT2D eigenvalue weighted by Gasteiger charge is 2.25. The Balaban J connectivity index is 1.81. The topological polar surface area (TPSA) is 64.0 Å². The van der Waals surface area contributed by atoms with E-state index >= 15 is 0 Å². The van der Waals surface area contributed by atoms with Crippen LogP contribution in [0, 0.1) is 0 Å². The van der Waals surface area contributed by atoms with Crippen LogP contribution in [-0.2, 0) is 16.4 Å². The number of para-hydroxylation sites is 1. The van der Waals surface area contributed by atoms with E-state index in [2.05, 4.69) is 14.9 Å². The van der Waals surface area contributed by atoms with Crippen molar-refractivity contribution >= 4 is 15.5 Å². The minimum atomic E-state index is -3.22. The van der Waals surface area contributed by atoms with Gasteiger partial charge in [-0.1, -0.05) is 19.1 Å². The van der Waals surface area contributed by atoms with E-state index in [0.29, 0.717) is 23.2 Å². The number of sulfone groups is 1. The van der Waals surface area contributed by atoms with Crippen molar-refractivity contribution in [1.29, 1.82) is 0 Å². The third-order valence-electron chi connectivity index (χ3n) is 3.75. The summed E-state index contributed by atoms with van der Waals surface area (Å²) < 4.78 is 26.4. The summed E-state index contributed by atoms with van der Waals surface area (Å²) >= 11 is 0. The first-order valence-electron chi connectivity index (χ1n) is 7.18. The summed E-state index contributed by atoms with van der Waals surface area (Å²) in [6.07, 6.45) is 6.08. The van der Waals surface area contributed by atoms with Crippen LogP contribution in [0.1, 0.15) is 31.5 Å². The molecule has 3 rings (SSSR count). The lowest BCUT2D eigenvalue weighted by Crippen LogP contribution is -2.11. The Morgan fingerprint density at radius 1 is 1.33 bits per heavy atom. The highest BCUT2D eigenvalue weighted by atomic mass is 32.2. The average Bonchev–Trinajstić information content (AvgIpc) is 3.24. The van der Waals surface area contributed by atoms with Gasteiger partial charge < -0.3 is 9.88 Å². The second-order valence-electron chi connectivity index (χ2n) is 5.28. The molecule has 1 saturated carbocycles. The van der Waals surface area contributed by atoms with Crippen LogP contribution in [0.25, 0.3) is 0 Å². The minimum absolute atomic E-state index is 0.103. The number of hydrogen-bond donors (Lipinski definition) is 1. The Kier molecular flexibility index (Phi) is 3.71. The van der Waals surface area contributed by atoms with E-state index in [0.717, 1.165) is 5.69 Å². The molecule has 0 atom stereocenters. The molecule has 0 saturated heterocycles. The zero-order valence-corrected chi connectivity index (χ0v) is 12.8. The van der Waals surface area contributed by atoms with E-state index in [1.54, 1.807) is 25.1 Å². The summed E-state index contributed by atoms with van der Waals surface area (Å²) in [7, 11) is -3.22. The molecule has 0 bridgehead atoms. The molecule has 0 spiro atoms. The fraction of sp³-hybridized carbons (Fsp3) is 0.400. The number of aromatic nitrogens is 2. The number of anilines is 1. The molecule has 1 aliphatic carbocycles. The first-order valence-corrected chi connectivity index (χ1v) is 8.83. The number of benzene rings is 1. The molecule has 112 valence electrons. The molecule has 0 aliphatic heterocycles. The Bertz CT molecular complexity index is 733. The van der Waals surface area contributed by atoms with Gasteiger partial charge in [0.25, 0.3) is 0 Å². The second kappa shape index (κ2) is 5.52. The average molecular weight is 305 g/mol. The van der Waals surface area contributed by atoms with Gasteiger partial charge in [0, 0.05) is 12.2 Å². The summed E-state index contributed by atoms with van der Waals surface area (Å²) in [6.45, 7) is 2.24.